The summed E-state index contributed by atoms with van der Waals surface area (Å²) in [6.07, 6.45) is 6.50. The van der Waals surface area contributed by atoms with Crippen molar-refractivity contribution in [3.05, 3.63) is 0 Å². The zero-order valence-corrected chi connectivity index (χ0v) is 5.99. The van der Waals surface area contributed by atoms with E-state index in [2.05, 4.69) is 5.92 Å². The molecule has 0 radical (unpaired) electrons. The van der Waals surface area contributed by atoms with E-state index in [-0.39, 0.29) is 0 Å². The zero-order chi connectivity index (χ0) is 7.45. The molecule has 0 bridgehead atoms. The second-order valence-corrected chi connectivity index (χ2v) is 2.94. The standard InChI is InChI=1S/C8H12FN/c9-7-6-8(10)4-2-1-3-5-8/h1-5,10H2. The van der Waals surface area contributed by atoms with Gasteiger partial charge in [-0.1, -0.05) is 19.3 Å². The molecule has 1 nitrogen and oxygen atoms in total. The number of hydrogen-bond acceptors (Lipinski definition) is 1. The average molecular weight is 141 g/mol. The summed E-state index contributed by atoms with van der Waals surface area (Å²) in [5.41, 5.74) is 5.25. The van der Waals surface area contributed by atoms with Gasteiger partial charge in [0, 0.05) is 0 Å². The molecule has 1 saturated carbocycles. The summed E-state index contributed by atoms with van der Waals surface area (Å²) < 4.78 is 11.6. The van der Waals surface area contributed by atoms with Crippen molar-refractivity contribution in [1.29, 1.82) is 0 Å². The van der Waals surface area contributed by atoms with Crippen LogP contribution in [-0.4, -0.2) is 5.54 Å². The Hall–Kier alpha value is -0.550. The summed E-state index contributed by atoms with van der Waals surface area (Å²) in [4.78, 5) is 0. The Balaban J connectivity index is 2.53. The predicted octanol–water partition coefficient (Wildman–Crippen LogP) is 1.58. The summed E-state index contributed by atoms with van der Waals surface area (Å²) in [5.74, 6) is 2.42. The van der Waals surface area contributed by atoms with Crippen LogP contribution in [0.25, 0.3) is 0 Å². The number of hydrogen-bond donors (Lipinski definition) is 1. The SMILES string of the molecule is NC1(C#CF)CCCCC1. The molecule has 0 aromatic heterocycles. The molecule has 56 valence electrons. The first kappa shape index (κ1) is 7.56. The van der Waals surface area contributed by atoms with E-state index in [1.54, 1.807) is 0 Å². The topological polar surface area (TPSA) is 26.0 Å². The minimum Gasteiger partial charge on any atom is -0.315 e. The fourth-order valence-electron chi connectivity index (χ4n) is 1.40. The molecule has 0 amide bonds. The first-order chi connectivity index (χ1) is 4.77. The lowest BCUT2D eigenvalue weighted by Gasteiger charge is -2.27. The Kier molecular flexibility index (Phi) is 2.29. The van der Waals surface area contributed by atoms with E-state index in [1.165, 1.54) is 12.6 Å². The van der Waals surface area contributed by atoms with Crippen molar-refractivity contribution in [2.24, 2.45) is 5.73 Å². The molecule has 10 heavy (non-hydrogen) atoms. The molecule has 1 fully saturated rings. The van der Waals surface area contributed by atoms with Crippen molar-refractivity contribution in [3.63, 3.8) is 0 Å². The molecule has 1 aliphatic carbocycles. The summed E-state index contributed by atoms with van der Waals surface area (Å²) in [6.45, 7) is 0. The van der Waals surface area contributed by atoms with Crippen molar-refractivity contribution >= 4 is 0 Å². The Morgan fingerprint density at radius 1 is 1.20 bits per heavy atom. The van der Waals surface area contributed by atoms with Gasteiger partial charge in [-0.2, -0.15) is 0 Å². The highest BCUT2D eigenvalue weighted by atomic mass is 19.1. The van der Waals surface area contributed by atoms with Crippen molar-refractivity contribution in [3.8, 4) is 12.1 Å². The minimum absolute atomic E-state index is 0.507. The van der Waals surface area contributed by atoms with Gasteiger partial charge in [0.1, 0.15) is 6.17 Å². The van der Waals surface area contributed by atoms with Gasteiger partial charge >= 0.3 is 0 Å². The number of halogens is 1. The first-order valence-electron chi connectivity index (χ1n) is 3.68. The second kappa shape index (κ2) is 3.03. The number of rotatable bonds is 0. The lowest BCUT2D eigenvalue weighted by Crippen LogP contribution is -2.39. The van der Waals surface area contributed by atoms with Crippen molar-refractivity contribution in [1.82, 2.24) is 0 Å². The average Bonchev–Trinajstić information content (AvgIpc) is 1.89. The van der Waals surface area contributed by atoms with Gasteiger partial charge in [-0.3, -0.25) is 0 Å². The van der Waals surface area contributed by atoms with Crippen molar-refractivity contribution < 1.29 is 4.39 Å². The van der Waals surface area contributed by atoms with Crippen molar-refractivity contribution in [2.45, 2.75) is 37.6 Å². The Morgan fingerprint density at radius 3 is 2.30 bits per heavy atom. The molecule has 0 atom stereocenters. The highest BCUT2D eigenvalue weighted by Crippen LogP contribution is 2.24. The van der Waals surface area contributed by atoms with Crippen molar-refractivity contribution in [2.75, 3.05) is 0 Å². The highest BCUT2D eigenvalue weighted by molar-refractivity contribution is 5.14. The number of nitrogens with two attached hydrogens (primary N) is 1. The van der Waals surface area contributed by atoms with Crippen LogP contribution in [0.5, 0.6) is 0 Å². The third-order valence-corrected chi connectivity index (χ3v) is 2.04. The maximum atomic E-state index is 11.6. The fraction of sp³-hybridized carbons (Fsp3) is 0.750. The van der Waals surface area contributed by atoms with E-state index in [0.29, 0.717) is 0 Å². The quantitative estimate of drug-likeness (QED) is 0.509. The van der Waals surface area contributed by atoms with Crippen LogP contribution < -0.4 is 5.73 Å². The van der Waals surface area contributed by atoms with Gasteiger partial charge in [0.15, 0.2) is 0 Å². The fourth-order valence-corrected chi connectivity index (χ4v) is 1.40. The molecule has 0 spiro atoms. The molecule has 2 N–H and O–H groups in total. The van der Waals surface area contributed by atoms with Crippen LogP contribution >= 0.6 is 0 Å². The maximum absolute atomic E-state index is 11.6. The van der Waals surface area contributed by atoms with Gasteiger partial charge in [-0.15, -0.1) is 4.39 Å². The van der Waals surface area contributed by atoms with Gasteiger partial charge in [0.05, 0.1) is 5.54 Å². The van der Waals surface area contributed by atoms with Gasteiger partial charge in [-0.05, 0) is 18.8 Å². The summed E-state index contributed by atoms with van der Waals surface area (Å²) in [5, 5.41) is 0. The predicted molar refractivity (Wildman–Crippen MR) is 38.9 cm³/mol. The van der Waals surface area contributed by atoms with E-state index in [4.69, 9.17) is 5.73 Å². The van der Waals surface area contributed by atoms with E-state index in [9.17, 15) is 4.39 Å². The summed E-state index contributed by atoms with van der Waals surface area (Å²) in [6, 6.07) is 0. The Bertz CT molecular complexity index is 160. The van der Waals surface area contributed by atoms with Crippen LogP contribution in [0.15, 0.2) is 0 Å². The van der Waals surface area contributed by atoms with Crippen LogP contribution in [-0.2, 0) is 0 Å². The smallest absolute Gasteiger partial charge is 0.107 e. The Labute approximate surface area is 60.8 Å². The second-order valence-electron chi connectivity index (χ2n) is 2.94. The van der Waals surface area contributed by atoms with Crippen LogP contribution in [0, 0.1) is 12.1 Å². The maximum Gasteiger partial charge on any atom is 0.107 e. The molecule has 1 rings (SSSR count). The van der Waals surface area contributed by atoms with E-state index in [1.807, 2.05) is 0 Å². The largest absolute Gasteiger partial charge is 0.315 e. The third kappa shape index (κ3) is 1.71. The molecule has 0 aliphatic heterocycles. The molecule has 1 aliphatic rings. The lowest BCUT2D eigenvalue weighted by molar-refractivity contribution is 0.369. The lowest BCUT2D eigenvalue weighted by atomic mass is 9.83. The van der Waals surface area contributed by atoms with Gasteiger partial charge in [0.25, 0.3) is 0 Å². The monoisotopic (exact) mass is 141 g/mol. The van der Waals surface area contributed by atoms with E-state index < -0.39 is 5.54 Å². The van der Waals surface area contributed by atoms with Crippen LogP contribution in [0.3, 0.4) is 0 Å². The molecule has 0 heterocycles. The van der Waals surface area contributed by atoms with Crippen LogP contribution in [0.1, 0.15) is 32.1 Å². The van der Waals surface area contributed by atoms with E-state index >= 15 is 0 Å². The van der Waals surface area contributed by atoms with Gasteiger partial charge in [-0.25, -0.2) is 0 Å². The van der Waals surface area contributed by atoms with Crippen LogP contribution in [0.2, 0.25) is 0 Å². The van der Waals surface area contributed by atoms with E-state index in [0.717, 1.165) is 25.7 Å². The molecule has 0 aromatic rings. The third-order valence-electron chi connectivity index (χ3n) is 2.04. The first-order valence-corrected chi connectivity index (χ1v) is 3.68. The summed E-state index contributed by atoms with van der Waals surface area (Å²) in [7, 11) is 0. The zero-order valence-electron chi connectivity index (χ0n) is 5.99. The molecule has 0 saturated heterocycles. The highest BCUT2D eigenvalue weighted by Gasteiger charge is 2.24. The summed E-state index contributed by atoms with van der Waals surface area (Å²) >= 11 is 0. The minimum atomic E-state index is -0.507. The normalized spacial score (nSPS) is 23.0. The molecule has 0 unspecified atom stereocenters. The molecule has 2 heteroatoms. The van der Waals surface area contributed by atoms with Gasteiger partial charge < -0.3 is 5.73 Å². The molecular formula is C8H12FN. The van der Waals surface area contributed by atoms with Crippen LogP contribution in [0.4, 0.5) is 4.39 Å². The molecule has 0 aromatic carbocycles. The van der Waals surface area contributed by atoms with Gasteiger partial charge in [0.2, 0.25) is 0 Å². The Morgan fingerprint density at radius 2 is 1.80 bits per heavy atom. The molecular weight excluding hydrogens is 129 g/mol.